The second-order valence-electron chi connectivity index (χ2n) is 7.95. The van der Waals surface area contributed by atoms with Crippen molar-refractivity contribution in [1.82, 2.24) is 10.3 Å². The standard InChI is InChI=1S/C26H22ClN3OS/c1-16-7-5-8-18(15-16)30-25(24(29-26(30)32)21-11-3-4-14-28-21)23-13-12-22(31-23)19-9-6-10-20(27)17(19)2/h3-15,24-25H,1-2H3,(H,29,32)/t24-,25+/m0/s1. The van der Waals surface area contributed by atoms with E-state index in [0.29, 0.717) is 5.11 Å². The van der Waals surface area contributed by atoms with Crippen molar-refractivity contribution >= 4 is 34.6 Å². The van der Waals surface area contributed by atoms with Crippen molar-refractivity contribution < 1.29 is 4.42 Å². The average Bonchev–Trinajstić information content (AvgIpc) is 3.41. The number of nitrogens with one attached hydrogen (secondary N) is 1. The molecule has 6 heteroatoms. The molecule has 0 amide bonds. The Labute approximate surface area is 197 Å². The number of thiocarbonyl (C=S) groups is 1. The molecule has 2 atom stereocenters. The third-order valence-electron chi connectivity index (χ3n) is 5.83. The van der Waals surface area contributed by atoms with Crippen molar-refractivity contribution in [1.29, 1.82) is 0 Å². The molecular weight excluding hydrogens is 438 g/mol. The summed E-state index contributed by atoms with van der Waals surface area (Å²) in [5.41, 5.74) is 5.07. The molecule has 0 saturated carbocycles. The summed E-state index contributed by atoms with van der Waals surface area (Å²) in [7, 11) is 0. The van der Waals surface area contributed by atoms with Crippen LogP contribution in [0.5, 0.6) is 0 Å². The lowest BCUT2D eigenvalue weighted by atomic mass is 10.0. The van der Waals surface area contributed by atoms with E-state index in [-0.39, 0.29) is 12.1 Å². The van der Waals surface area contributed by atoms with Crippen LogP contribution in [0.15, 0.2) is 83.4 Å². The second-order valence-corrected chi connectivity index (χ2v) is 8.74. The minimum atomic E-state index is -0.188. The van der Waals surface area contributed by atoms with E-state index in [4.69, 9.17) is 28.2 Å². The molecule has 2 aromatic heterocycles. The molecule has 0 bridgehead atoms. The summed E-state index contributed by atoms with van der Waals surface area (Å²) in [5, 5.41) is 4.84. The molecule has 1 saturated heterocycles. The highest BCUT2D eigenvalue weighted by Crippen LogP contribution is 2.43. The zero-order valence-corrected chi connectivity index (χ0v) is 19.3. The van der Waals surface area contributed by atoms with Gasteiger partial charge in [0.15, 0.2) is 5.11 Å². The van der Waals surface area contributed by atoms with Crippen LogP contribution in [0.25, 0.3) is 11.3 Å². The van der Waals surface area contributed by atoms with Gasteiger partial charge in [0.1, 0.15) is 17.6 Å². The van der Waals surface area contributed by atoms with Gasteiger partial charge in [0, 0.05) is 22.5 Å². The average molecular weight is 460 g/mol. The quantitative estimate of drug-likeness (QED) is 0.340. The van der Waals surface area contributed by atoms with Gasteiger partial charge in [-0.25, -0.2) is 0 Å². The molecule has 4 nitrogen and oxygen atoms in total. The number of pyridine rings is 1. The van der Waals surface area contributed by atoms with Crippen LogP contribution in [-0.2, 0) is 0 Å². The van der Waals surface area contributed by atoms with Gasteiger partial charge in [-0.2, -0.15) is 0 Å². The van der Waals surface area contributed by atoms with Crippen LogP contribution >= 0.6 is 23.8 Å². The number of aromatic nitrogens is 1. The van der Waals surface area contributed by atoms with Crippen LogP contribution in [0.2, 0.25) is 5.02 Å². The van der Waals surface area contributed by atoms with Crippen LogP contribution in [0.3, 0.4) is 0 Å². The van der Waals surface area contributed by atoms with E-state index in [9.17, 15) is 0 Å². The molecule has 0 aliphatic carbocycles. The number of nitrogens with zero attached hydrogens (tertiary/aromatic N) is 2. The SMILES string of the molecule is Cc1cccc(N2C(=S)N[C@@H](c3ccccn3)[C@H]2c2ccc(-c3cccc(Cl)c3C)o2)c1. The topological polar surface area (TPSA) is 41.3 Å². The van der Waals surface area contributed by atoms with Crippen molar-refractivity contribution in [2.75, 3.05) is 4.90 Å². The first-order valence-electron chi connectivity index (χ1n) is 10.5. The van der Waals surface area contributed by atoms with Crippen molar-refractivity contribution in [3.8, 4) is 11.3 Å². The Morgan fingerprint density at radius 1 is 1.00 bits per heavy atom. The lowest BCUT2D eigenvalue weighted by Gasteiger charge is -2.26. The fourth-order valence-electron chi connectivity index (χ4n) is 4.23. The summed E-state index contributed by atoms with van der Waals surface area (Å²) in [5.74, 6) is 1.59. The molecule has 0 radical (unpaired) electrons. The van der Waals surface area contributed by atoms with Gasteiger partial charge >= 0.3 is 0 Å². The number of anilines is 1. The van der Waals surface area contributed by atoms with Crippen LogP contribution in [0, 0.1) is 13.8 Å². The van der Waals surface area contributed by atoms with Crippen LogP contribution in [-0.4, -0.2) is 10.1 Å². The molecule has 4 aromatic rings. The number of hydrogen-bond donors (Lipinski definition) is 1. The molecule has 32 heavy (non-hydrogen) atoms. The number of halogens is 1. The Kier molecular flexibility index (Phi) is 5.45. The lowest BCUT2D eigenvalue weighted by Crippen LogP contribution is -2.29. The van der Waals surface area contributed by atoms with Gasteiger partial charge in [-0.3, -0.25) is 4.98 Å². The van der Waals surface area contributed by atoms with Gasteiger partial charge in [0.05, 0.1) is 11.7 Å². The summed E-state index contributed by atoms with van der Waals surface area (Å²) in [6, 6.07) is 23.8. The van der Waals surface area contributed by atoms with Gasteiger partial charge in [-0.05, 0) is 79.7 Å². The molecule has 0 spiro atoms. The summed E-state index contributed by atoms with van der Waals surface area (Å²) < 4.78 is 6.44. The molecule has 160 valence electrons. The Hall–Kier alpha value is -3.15. The van der Waals surface area contributed by atoms with E-state index in [0.717, 1.165) is 39.1 Å². The first-order chi connectivity index (χ1) is 15.5. The van der Waals surface area contributed by atoms with Gasteiger partial charge in [0.2, 0.25) is 0 Å². The minimum absolute atomic E-state index is 0.149. The third kappa shape index (κ3) is 3.68. The minimum Gasteiger partial charge on any atom is -0.459 e. The molecule has 0 unspecified atom stereocenters. The van der Waals surface area contributed by atoms with E-state index in [1.54, 1.807) is 6.20 Å². The first kappa shape index (κ1) is 20.7. The summed E-state index contributed by atoms with van der Waals surface area (Å²) >= 11 is 12.1. The Balaban J connectivity index is 1.62. The molecular formula is C26H22ClN3OS. The van der Waals surface area contributed by atoms with E-state index >= 15 is 0 Å². The summed E-state index contributed by atoms with van der Waals surface area (Å²) in [6.45, 7) is 4.08. The summed E-state index contributed by atoms with van der Waals surface area (Å²) in [4.78, 5) is 6.72. The largest absolute Gasteiger partial charge is 0.459 e. The first-order valence-corrected chi connectivity index (χ1v) is 11.2. The van der Waals surface area contributed by atoms with Gasteiger partial charge < -0.3 is 14.6 Å². The van der Waals surface area contributed by atoms with E-state index in [1.165, 1.54) is 5.56 Å². The number of benzene rings is 2. The van der Waals surface area contributed by atoms with Gasteiger partial charge in [-0.15, -0.1) is 0 Å². The summed E-state index contributed by atoms with van der Waals surface area (Å²) in [6.07, 6.45) is 1.80. The highest BCUT2D eigenvalue weighted by Gasteiger charge is 2.42. The normalized spacial score (nSPS) is 18.1. The Morgan fingerprint density at radius 2 is 1.84 bits per heavy atom. The molecule has 1 N–H and O–H groups in total. The van der Waals surface area contributed by atoms with E-state index in [2.05, 4.69) is 40.3 Å². The molecule has 2 aromatic carbocycles. The van der Waals surface area contributed by atoms with Crippen molar-refractivity contribution in [3.05, 3.63) is 107 Å². The van der Waals surface area contributed by atoms with Crippen LogP contribution in [0.4, 0.5) is 5.69 Å². The van der Waals surface area contributed by atoms with Crippen LogP contribution < -0.4 is 10.2 Å². The highest BCUT2D eigenvalue weighted by molar-refractivity contribution is 7.80. The molecule has 1 fully saturated rings. The Bertz CT molecular complexity index is 1290. The highest BCUT2D eigenvalue weighted by atomic mass is 35.5. The maximum atomic E-state index is 6.44. The lowest BCUT2D eigenvalue weighted by molar-refractivity contribution is 0.439. The molecule has 1 aliphatic heterocycles. The maximum absolute atomic E-state index is 6.44. The fraction of sp³-hybridized carbons (Fsp3) is 0.154. The fourth-order valence-corrected chi connectivity index (χ4v) is 4.75. The second kappa shape index (κ2) is 8.41. The zero-order valence-electron chi connectivity index (χ0n) is 17.7. The zero-order chi connectivity index (χ0) is 22.2. The third-order valence-corrected chi connectivity index (χ3v) is 6.55. The maximum Gasteiger partial charge on any atom is 0.174 e. The van der Waals surface area contributed by atoms with Gasteiger partial charge in [-0.1, -0.05) is 41.9 Å². The van der Waals surface area contributed by atoms with Crippen molar-refractivity contribution in [2.45, 2.75) is 25.9 Å². The van der Waals surface area contributed by atoms with E-state index in [1.807, 2.05) is 61.5 Å². The smallest absolute Gasteiger partial charge is 0.174 e. The van der Waals surface area contributed by atoms with E-state index < -0.39 is 0 Å². The van der Waals surface area contributed by atoms with Crippen LogP contribution in [0.1, 0.15) is 34.7 Å². The predicted octanol–water partition coefficient (Wildman–Crippen LogP) is 6.79. The number of hydrogen-bond acceptors (Lipinski definition) is 3. The molecule has 3 heterocycles. The number of furan rings is 1. The predicted molar refractivity (Wildman–Crippen MR) is 133 cm³/mol. The molecule has 1 aliphatic rings. The van der Waals surface area contributed by atoms with Gasteiger partial charge in [0.25, 0.3) is 0 Å². The number of rotatable bonds is 4. The number of aryl methyl sites for hydroxylation is 1. The molecule has 5 rings (SSSR count). The monoisotopic (exact) mass is 459 g/mol. The van der Waals surface area contributed by atoms with Crippen molar-refractivity contribution in [3.63, 3.8) is 0 Å². The van der Waals surface area contributed by atoms with Crippen molar-refractivity contribution in [2.24, 2.45) is 0 Å². The Morgan fingerprint density at radius 3 is 2.62 bits per heavy atom.